The molecule has 0 aliphatic carbocycles. The summed E-state index contributed by atoms with van der Waals surface area (Å²) in [4.78, 5) is 24.6. The fourth-order valence-electron chi connectivity index (χ4n) is 3.01. The highest BCUT2D eigenvalue weighted by molar-refractivity contribution is 6.00. The predicted molar refractivity (Wildman–Crippen MR) is 102 cm³/mol. The molecule has 0 fully saturated rings. The molecule has 3 N–H and O–H groups in total. The average molecular weight is 363 g/mol. The molecular weight excluding hydrogens is 344 g/mol. The number of fused-ring (bicyclic) bond motifs is 1. The van der Waals surface area contributed by atoms with Crippen LogP contribution in [-0.4, -0.2) is 27.6 Å². The number of nitrogens with zero attached hydrogens (tertiary/aromatic N) is 3. The van der Waals surface area contributed by atoms with Crippen LogP contribution in [0.3, 0.4) is 0 Å². The summed E-state index contributed by atoms with van der Waals surface area (Å²) in [5, 5.41) is 6.42. The Morgan fingerprint density at radius 3 is 2.89 bits per heavy atom. The van der Waals surface area contributed by atoms with Gasteiger partial charge in [0, 0.05) is 29.7 Å². The van der Waals surface area contributed by atoms with Crippen molar-refractivity contribution in [1.29, 1.82) is 0 Å². The molecule has 8 heteroatoms. The average Bonchev–Trinajstić information content (AvgIpc) is 2.68. The minimum absolute atomic E-state index is 0.150. The summed E-state index contributed by atoms with van der Waals surface area (Å²) in [6.07, 6.45) is 2.96. The first-order valence-corrected chi connectivity index (χ1v) is 8.46. The Hall–Kier alpha value is -3.68. The van der Waals surface area contributed by atoms with Crippen LogP contribution < -0.4 is 25.9 Å². The van der Waals surface area contributed by atoms with Crippen molar-refractivity contribution in [1.82, 2.24) is 14.5 Å². The number of nitrogens with one attached hydrogen (secondary N) is 3. The zero-order valence-corrected chi connectivity index (χ0v) is 14.9. The second-order valence-electron chi connectivity index (χ2n) is 6.09. The molecular formula is C19H19N6O2+. The first-order chi connectivity index (χ1) is 13.2. The highest BCUT2D eigenvalue weighted by Crippen LogP contribution is 2.23. The fourth-order valence-corrected chi connectivity index (χ4v) is 3.01. The first-order valence-electron chi connectivity index (χ1n) is 8.46. The van der Waals surface area contributed by atoms with Gasteiger partial charge in [-0.2, -0.15) is 0 Å². The lowest BCUT2D eigenvalue weighted by Gasteiger charge is -2.23. The van der Waals surface area contributed by atoms with Crippen LogP contribution in [0.25, 0.3) is 0 Å². The SMILES string of the molecule is COc1ccccc1NC1=[NH+][C@@H](c2cccnc2)n2c(nc(C)cc2=O)N1. The van der Waals surface area contributed by atoms with Gasteiger partial charge in [0.25, 0.3) is 11.5 Å². The van der Waals surface area contributed by atoms with E-state index in [0.29, 0.717) is 23.4 Å². The van der Waals surface area contributed by atoms with E-state index in [1.54, 1.807) is 31.0 Å². The largest absolute Gasteiger partial charge is 0.493 e. The molecule has 0 radical (unpaired) electrons. The van der Waals surface area contributed by atoms with Crippen molar-refractivity contribution >= 4 is 17.6 Å². The highest BCUT2D eigenvalue weighted by atomic mass is 16.5. The molecule has 3 heterocycles. The van der Waals surface area contributed by atoms with Crippen LogP contribution in [0.1, 0.15) is 17.4 Å². The molecule has 1 aliphatic rings. The third-order valence-electron chi connectivity index (χ3n) is 4.22. The number of hydrogen-bond donors (Lipinski definition) is 3. The number of pyridine rings is 1. The van der Waals surface area contributed by atoms with Crippen LogP contribution >= 0.6 is 0 Å². The van der Waals surface area contributed by atoms with Gasteiger partial charge in [0.05, 0.1) is 7.11 Å². The van der Waals surface area contributed by atoms with Gasteiger partial charge < -0.3 is 4.74 Å². The third-order valence-corrected chi connectivity index (χ3v) is 4.22. The number of hydrogen-bond acceptors (Lipinski definition) is 6. The molecule has 2 aromatic heterocycles. The van der Waals surface area contributed by atoms with Crippen molar-refractivity contribution < 1.29 is 9.73 Å². The van der Waals surface area contributed by atoms with E-state index in [0.717, 1.165) is 11.3 Å². The lowest BCUT2D eigenvalue weighted by Crippen LogP contribution is -2.82. The van der Waals surface area contributed by atoms with Crippen molar-refractivity contribution in [2.75, 3.05) is 17.7 Å². The van der Waals surface area contributed by atoms with E-state index in [1.807, 2.05) is 36.4 Å². The zero-order valence-electron chi connectivity index (χ0n) is 14.9. The maximum atomic E-state index is 12.6. The van der Waals surface area contributed by atoms with Gasteiger partial charge in [0.15, 0.2) is 11.9 Å². The standard InChI is InChI=1S/C19H18N6O2/c1-12-10-16(26)25-17(13-6-5-9-20-11-13)23-18(24-19(25)21-12)22-14-7-3-4-8-15(14)27-2/h3-11,17H,1-2H3,(H2,21,22,23,24)/p+1/t17-/m1/s1. The van der Waals surface area contributed by atoms with Crippen LogP contribution in [0.5, 0.6) is 5.75 Å². The molecule has 1 aromatic carbocycles. The lowest BCUT2D eigenvalue weighted by molar-refractivity contribution is -0.520. The summed E-state index contributed by atoms with van der Waals surface area (Å²) in [6.45, 7) is 1.79. The zero-order chi connectivity index (χ0) is 18.8. The van der Waals surface area contributed by atoms with Crippen LogP contribution in [0, 0.1) is 6.92 Å². The van der Waals surface area contributed by atoms with Gasteiger partial charge >= 0.3 is 5.96 Å². The molecule has 27 heavy (non-hydrogen) atoms. The summed E-state index contributed by atoms with van der Waals surface area (Å²) in [5.74, 6) is 1.74. The number of aromatic nitrogens is 3. The van der Waals surface area contributed by atoms with E-state index >= 15 is 0 Å². The van der Waals surface area contributed by atoms with Crippen molar-refractivity contribution in [3.63, 3.8) is 0 Å². The minimum Gasteiger partial charge on any atom is -0.493 e. The minimum atomic E-state index is -0.451. The van der Waals surface area contributed by atoms with Gasteiger partial charge in [0.1, 0.15) is 5.69 Å². The summed E-state index contributed by atoms with van der Waals surface area (Å²) in [7, 11) is 1.62. The molecule has 0 unspecified atom stereocenters. The van der Waals surface area contributed by atoms with Gasteiger partial charge in [0.2, 0.25) is 0 Å². The topological polar surface area (TPSA) is 95.0 Å². The van der Waals surface area contributed by atoms with Crippen molar-refractivity contribution in [3.05, 3.63) is 76.5 Å². The van der Waals surface area contributed by atoms with Crippen LogP contribution in [-0.2, 0) is 0 Å². The number of anilines is 2. The van der Waals surface area contributed by atoms with Gasteiger partial charge in [-0.15, -0.1) is 0 Å². The van der Waals surface area contributed by atoms with Crippen LogP contribution in [0.4, 0.5) is 11.6 Å². The Kier molecular flexibility index (Phi) is 4.29. The quantitative estimate of drug-likeness (QED) is 0.626. The van der Waals surface area contributed by atoms with Gasteiger partial charge in [-0.05, 0) is 25.1 Å². The molecule has 4 rings (SSSR count). The maximum Gasteiger partial charge on any atom is 0.357 e. The van der Waals surface area contributed by atoms with Gasteiger partial charge in [-0.25, -0.2) is 20.2 Å². The molecule has 1 atom stereocenters. The Balaban J connectivity index is 1.80. The number of para-hydroxylation sites is 2. The van der Waals surface area contributed by atoms with Crippen LogP contribution in [0.15, 0.2) is 59.7 Å². The Morgan fingerprint density at radius 2 is 2.11 bits per heavy atom. The van der Waals surface area contributed by atoms with Crippen molar-refractivity contribution in [3.8, 4) is 5.75 Å². The summed E-state index contributed by atoms with van der Waals surface area (Å²) >= 11 is 0. The molecule has 0 amide bonds. The molecule has 136 valence electrons. The molecule has 0 saturated carbocycles. The molecule has 0 bridgehead atoms. The summed E-state index contributed by atoms with van der Waals surface area (Å²) in [6, 6.07) is 12.8. The van der Waals surface area contributed by atoms with Crippen molar-refractivity contribution in [2.45, 2.75) is 13.1 Å². The number of ether oxygens (including phenoxy) is 1. The smallest absolute Gasteiger partial charge is 0.357 e. The van der Waals surface area contributed by atoms with Crippen LogP contribution in [0.2, 0.25) is 0 Å². The summed E-state index contributed by atoms with van der Waals surface area (Å²) < 4.78 is 6.96. The maximum absolute atomic E-state index is 12.6. The van der Waals surface area contributed by atoms with Gasteiger partial charge in [-0.1, -0.05) is 18.2 Å². The monoisotopic (exact) mass is 363 g/mol. The second kappa shape index (κ2) is 6.91. The lowest BCUT2D eigenvalue weighted by atomic mass is 10.2. The van der Waals surface area contributed by atoms with Crippen molar-refractivity contribution in [2.24, 2.45) is 0 Å². The number of guanidine groups is 1. The van der Waals surface area contributed by atoms with E-state index in [1.165, 1.54) is 6.07 Å². The first kappa shape index (κ1) is 16.8. The van der Waals surface area contributed by atoms with Gasteiger partial charge in [-0.3, -0.25) is 14.8 Å². The molecule has 8 nitrogen and oxygen atoms in total. The van der Waals surface area contributed by atoms with E-state index in [9.17, 15) is 4.79 Å². The van der Waals surface area contributed by atoms with E-state index in [4.69, 9.17) is 4.74 Å². The predicted octanol–water partition coefficient (Wildman–Crippen LogP) is 0.476. The number of rotatable bonds is 3. The molecule has 0 spiro atoms. The molecule has 0 saturated heterocycles. The van der Waals surface area contributed by atoms with E-state index < -0.39 is 6.17 Å². The molecule has 3 aromatic rings. The summed E-state index contributed by atoms with van der Waals surface area (Å²) in [5.41, 5.74) is 2.11. The fraction of sp³-hybridized carbons (Fsp3) is 0.158. The van der Waals surface area contributed by atoms with E-state index in [-0.39, 0.29) is 5.56 Å². The number of methoxy groups -OCH3 is 1. The molecule has 1 aliphatic heterocycles. The Labute approximate surface area is 155 Å². The van der Waals surface area contributed by atoms with E-state index in [2.05, 4.69) is 25.6 Å². The number of aryl methyl sites for hydroxylation is 1. The number of benzene rings is 1. The Morgan fingerprint density at radius 1 is 1.26 bits per heavy atom. The highest BCUT2D eigenvalue weighted by Gasteiger charge is 2.29. The second-order valence-corrected chi connectivity index (χ2v) is 6.09. The normalized spacial score (nSPS) is 15.3. The third kappa shape index (κ3) is 3.24. The Bertz CT molecular complexity index is 1060.